The summed E-state index contributed by atoms with van der Waals surface area (Å²) >= 11 is 0. The molecule has 34 heteroatoms. The van der Waals surface area contributed by atoms with E-state index in [1.165, 1.54) is 41.7 Å². The van der Waals surface area contributed by atoms with Gasteiger partial charge in [0.25, 0.3) is 5.91 Å². The maximum atomic E-state index is 14.6. The molecular weight excluding hydrogens is 1190 g/mol. The molecule has 10 amide bonds. The lowest BCUT2D eigenvalue weighted by Gasteiger charge is -2.31. The third-order valence-electron chi connectivity index (χ3n) is 13.5. The minimum absolute atomic E-state index is 0.00864. The molecule has 5 rings (SSSR count). The van der Waals surface area contributed by atoms with E-state index in [9.17, 15) is 66.5 Å². The number of hydrogen-bond donors (Lipinski definition) is 17. The fraction of sp³-hybridized carbons (Fsp3) is 0.500. The second-order valence-corrected chi connectivity index (χ2v) is 22.3. The highest BCUT2D eigenvalue weighted by atomic mass is 19.4. The Hall–Kier alpha value is -9.57. The molecule has 8 atom stereocenters. The number of carbonyl (C=O) groups is 10. The summed E-state index contributed by atoms with van der Waals surface area (Å²) in [5.74, 6) is -9.91. The molecule has 0 unspecified atom stereocenters. The summed E-state index contributed by atoms with van der Waals surface area (Å²) in [6, 6.07) is 1.00. The van der Waals surface area contributed by atoms with Crippen LogP contribution in [0.15, 0.2) is 72.2 Å². The highest BCUT2D eigenvalue weighted by Crippen LogP contribution is 2.22. The number of nitrogens with one attached hydrogen (secondary N) is 10. The number of carboxylic acids is 1. The van der Waals surface area contributed by atoms with Gasteiger partial charge in [-0.1, -0.05) is 44.2 Å². The molecule has 1 saturated heterocycles. The number of rotatable bonds is 29. The number of aliphatic hydroxyl groups excluding tert-OH is 1. The Labute approximate surface area is 514 Å². The van der Waals surface area contributed by atoms with Gasteiger partial charge < -0.3 is 89.8 Å². The summed E-state index contributed by atoms with van der Waals surface area (Å²) < 4.78 is 37.7. The molecule has 2 aromatic heterocycles. The van der Waals surface area contributed by atoms with Gasteiger partial charge in [-0.15, -0.1) is 0 Å². The number of aliphatic hydroxyl groups is 1. The molecule has 0 radical (unpaired) electrons. The summed E-state index contributed by atoms with van der Waals surface area (Å²) in [6.07, 6.45) is 0.0948. The Morgan fingerprint density at radius 2 is 1.32 bits per heavy atom. The van der Waals surface area contributed by atoms with Gasteiger partial charge in [0, 0.05) is 61.3 Å². The van der Waals surface area contributed by atoms with Crippen molar-refractivity contribution in [3.05, 3.63) is 84.1 Å². The average Bonchev–Trinajstić information content (AvgIpc) is 1.70. The van der Waals surface area contributed by atoms with Crippen molar-refractivity contribution in [3.63, 3.8) is 0 Å². The highest BCUT2D eigenvalue weighted by molar-refractivity contribution is 5.98. The number of urea groups is 1. The molecule has 2 aromatic carbocycles. The van der Waals surface area contributed by atoms with Gasteiger partial charge in [0.2, 0.25) is 41.4 Å². The van der Waals surface area contributed by atoms with E-state index in [2.05, 4.69) is 57.3 Å². The number of alkyl halides is 3. The summed E-state index contributed by atoms with van der Waals surface area (Å²) in [5, 5.41) is 44.5. The van der Waals surface area contributed by atoms with Crippen molar-refractivity contribution in [2.45, 2.75) is 146 Å². The first kappa shape index (κ1) is 72.9. The van der Waals surface area contributed by atoms with Crippen LogP contribution in [0.2, 0.25) is 0 Å². The topological polar surface area (TPSA) is 501 Å². The molecule has 4 aromatic rings. The van der Waals surface area contributed by atoms with Crippen molar-refractivity contribution >= 4 is 76.1 Å². The van der Waals surface area contributed by atoms with Crippen LogP contribution in [0.25, 0.3) is 10.9 Å². The number of H-pyrrole nitrogens is 2. The molecule has 0 saturated carbocycles. The molecular formula is C56H80F3N17O14. The molecule has 90 heavy (non-hydrogen) atoms. The zero-order chi connectivity index (χ0) is 67.0. The monoisotopic (exact) mass is 1270 g/mol. The van der Waals surface area contributed by atoms with Crippen molar-refractivity contribution in [2.75, 3.05) is 26.3 Å². The number of amides is 10. The first-order valence-electron chi connectivity index (χ1n) is 28.4. The second kappa shape index (κ2) is 34.3. The number of aliphatic imine (C=N–C) groups is 1. The zero-order valence-corrected chi connectivity index (χ0v) is 50.1. The Kier molecular flexibility index (Phi) is 27.7. The maximum absolute atomic E-state index is 14.6. The number of primary amides is 1. The smallest absolute Gasteiger partial charge is 0.490 e. The van der Waals surface area contributed by atoms with E-state index in [0.29, 0.717) is 23.2 Å². The van der Waals surface area contributed by atoms with Crippen LogP contribution >= 0.6 is 0 Å². The molecule has 0 bridgehead atoms. The Bertz CT molecular complexity index is 3120. The van der Waals surface area contributed by atoms with Crippen LogP contribution in [0.3, 0.4) is 0 Å². The van der Waals surface area contributed by atoms with Crippen LogP contribution in [0, 0.1) is 5.92 Å². The number of hydrogen-bond acceptors (Lipinski definition) is 16. The van der Waals surface area contributed by atoms with Gasteiger partial charge in [-0.2, -0.15) is 13.2 Å². The third-order valence-corrected chi connectivity index (χ3v) is 13.5. The molecule has 31 nitrogen and oxygen atoms in total. The van der Waals surface area contributed by atoms with Gasteiger partial charge in [-0.05, 0) is 88.1 Å². The van der Waals surface area contributed by atoms with Gasteiger partial charge in [0.1, 0.15) is 48.0 Å². The number of halogens is 3. The predicted octanol–water partition coefficient (Wildman–Crippen LogP) is -1.91. The minimum Gasteiger partial charge on any atom is -0.508 e. The van der Waals surface area contributed by atoms with Gasteiger partial charge in [0.15, 0.2) is 5.96 Å². The molecule has 1 fully saturated rings. The number of aromatic amines is 2. The van der Waals surface area contributed by atoms with Crippen molar-refractivity contribution in [1.29, 1.82) is 0 Å². The number of nitrogens with two attached hydrogens (primary N) is 4. The number of nitrogens with zero attached hydrogens (tertiary/aromatic N) is 3. The number of fused-ring (bicyclic) bond motifs is 1. The number of aromatic hydroxyl groups is 1. The molecule has 21 N–H and O–H groups in total. The molecule has 1 aliphatic rings. The van der Waals surface area contributed by atoms with Crippen LogP contribution < -0.4 is 65.7 Å². The van der Waals surface area contributed by atoms with Crippen LogP contribution in [0.5, 0.6) is 5.75 Å². The van der Waals surface area contributed by atoms with Crippen LogP contribution in [0.4, 0.5) is 18.0 Å². The highest BCUT2D eigenvalue weighted by Gasteiger charge is 2.41. The van der Waals surface area contributed by atoms with Crippen molar-refractivity contribution < 1.29 is 81.2 Å². The summed E-state index contributed by atoms with van der Waals surface area (Å²) in [6.45, 7) is 7.46. The number of phenolic OH excluding ortho intramolecular Hbond substituents is 1. The minimum atomic E-state index is -5.08. The Morgan fingerprint density at radius 1 is 0.756 bits per heavy atom. The first-order valence-corrected chi connectivity index (χ1v) is 28.4. The average molecular weight is 1270 g/mol. The van der Waals surface area contributed by atoms with Gasteiger partial charge in [0.05, 0.1) is 31.2 Å². The maximum Gasteiger partial charge on any atom is 0.490 e. The Morgan fingerprint density at radius 3 is 1.91 bits per heavy atom. The van der Waals surface area contributed by atoms with E-state index in [1.807, 2.05) is 23.6 Å². The summed E-state index contributed by atoms with van der Waals surface area (Å²) in [7, 11) is 0. The number of guanidine groups is 1. The van der Waals surface area contributed by atoms with Crippen molar-refractivity contribution in [1.82, 2.24) is 62.6 Å². The number of aliphatic carboxylic acids is 1. The third kappa shape index (κ3) is 24.2. The molecule has 494 valence electrons. The lowest BCUT2D eigenvalue weighted by atomic mass is 10.0. The number of para-hydroxylation sites is 1. The SMILES string of the molecule is CC(C)C[C@H](NC(=O)[C@@H](COC(C)(C)C)NC(=O)[C@H](Cc1ccc(O)cc1)NC(=O)[C@H](CO)NC(=O)[C@H](Cc1c[nH]c2ccccc12)NC(=O)[C@@H](N)Cc1cnc[nH]1)C(=O)N[C@@H](CCCN=C(N)N)C(=O)N1CCC[C@H]1C(=O)NNC(N)=O.O=C(O)C(F)(F)F. The van der Waals surface area contributed by atoms with E-state index < -0.39 is 133 Å². The van der Waals surface area contributed by atoms with Crippen LogP contribution in [0.1, 0.15) is 83.5 Å². The van der Waals surface area contributed by atoms with Crippen LogP contribution in [-0.4, -0.2) is 187 Å². The molecule has 3 heterocycles. The lowest BCUT2D eigenvalue weighted by molar-refractivity contribution is -0.192. The van der Waals surface area contributed by atoms with E-state index in [-0.39, 0.29) is 75.7 Å². The van der Waals surface area contributed by atoms with Gasteiger partial charge in [-0.25, -0.2) is 20.0 Å². The molecule has 0 spiro atoms. The number of likely N-dealkylation sites (tertiary alicyclic amines) is 1. The second-order valence-electron chi connectivity index (χ2n) is 22.3. The predicted molar refractivity (Wildman–Crippen MR) is 317 cm³/mol. The molecule has 0 aliphatic carbocycles. The zero-order valence-electron chi connectivity index (χ0n) is 50.1. The van der Waals surface area contributed by atoms with Crippen LogP contribution in [-0.2, 0) is 67.2 Å². The molecule has 1 aliphatic heterocycles. The first-order chi connectivity index (χ1) is 42.3. The van der Waals surface area contributed by atoms with E-state index in [4.69, 9.17) is 37.6 Å². The number of phenols is 1. The number of carbonyl (C=O) groups excluding carboxylic acids is 9. The quantitative estimate of drug-likeness (QED) is 0.0122. The fourth-order valence-electron chi connectivity index (χ4n) is 9.06. The van der Waals surface area contributed by atoms with Crippen molar-refractivity contribution in [2.24, 2.45) is 33.8 Å². The summed E-state index contributed by atoms with van der Waals surface area (Å²) in [5.41, 5.74) is 28.1. The number of imidazole rings is 1. The lowest BCUT2D eigenvalue weighted by Crippen LogP contribution is -2.62. The standard InChI is InChI=1S/C54H79N17O12.C2HF3O2/c1-29(2)20-38(45(75)63-37(12-8-18-60-52(56)57)51(81)71-19-9-13-43(71)50(80)69-70-53(58)82)65-49(79)42(27-83-54(3,4)5)68-46(76)39(21-30-14-16-33(73)17-15-30)66-48(78)41(26-72)67-47(77)40(22-31-24-61-36-11-7-6-10-34(31)36)64-44(74)35(55)23-32-25-59-28-62-32;3-2(4,5)1(6)7/h6-7,10-11,14-17,24-25,28-29,35,37-43,61,72-73H,8-9,12-13,18-23,26-27,55H2,1-5H3,(H,59,62)(H,63,75)(H,64,74)(H,65,79)(H,66,78)(H,67,77)(H,68,76)(H,69,80)(H4,56,57,60)(H3,58,70,82);(H,6,7)/t35-,37-,38-,39-,40-,41-,42+,43-;/m0./s1. The van der Waals surface area contributed by atoms with Gasteiger partial charge >= 0.3 is 18.2 Å². The number of hydrazine groups is 1. The van der Waals surface area contributed by atoms with E-state index in [0.717, 1.165) is 10.9 Å². The largest absolute Gasteiger partial charge is 0.508 e. The fourth-order valence-corrected chi connectivity index (χ4v) is 9.06. The summed E-state index contributed by atoms with van der Waals surface area (Å²) in [4.78, 5) is 148. The number of ether oxygens (including phenoxy) is 1. The number of benzene rings is 2. The van der Waals surface area contributed by atoms with E-state index >= 15 is 0 Å². The number of aromatic nitrogens is 3. The van der Waals surface area contributed by atoms with Crippen molar-refractivity contribution in [3.8, 4) is 5.75 Å². The Balaban J connectivity index is 0.00000233. The van der Waals surface area contributed by atoms with E-state index in [1.54, 1.807) is 46.9 Å². The normalized spacial score (nSPS) is 15.4. The number of carboxylic acid groups (broad SMARTS) is 1. The van der Waals surface area contributed by atoms with Gasteiger partial charge in [-0.3, -0.25) is 48.8 Å².